The van der Waals surface area contributed by atoms with Gasteiger partial charge in [-0.15, -0.1) is 0 Å². The van der Waals surface area contributed by atoms with Crippen LogP contribution in [0, 0.1) is 0 Å². The molecule has 1 spiro atoms. The zero-order valence-corrected chi connectivity index (χ0v) is 10.7. The third-order valence-corrected chi connectivity index (χ3v) is 5.13. The van der Waals surface area contributed by atoms with Crippen molar-refractivity contribution in [2.24, 2.45) is 0 Å². The highest BCUT2D eigenvalue weighted by Crippen LogP contribution is 2.41. The summed E-state index contributed by atoms with van der Waals surface area (Å²) in [6, 6.07) is 0.564. The number of aliphatic hydroxyl groups is 1. The van der Waals surface area contributed by atoms with Crippen molar-refractivity contribution in [3.63, 3.8) is 0 Å². The average molecular weight is 239 g/mol. The monoisotopic (exact) mass is 239 g/mol. The van der Waals surface area contributed by atoms with Gasteiger partial charge in [0.25, 0.3) is 0 Å². The molecule has 0 bridgehead atoms. The molecule has 1 saturated heterocycles. The summed E-state index contributed by atoms with van der Waals surface area (Å²) in [6.45, 7) is 1.20. The summed E-state index contributed by atoms with van der Waals surface area (Å²) in [5.41, 5.74) is 0.248. The van der Waals surface area contributed by atoms with Crippen LogP contribution in [0.5, 0.6) is 0 Å². The molecule has 2 N–H and O–H groups in total. The van der Waals surface area contributed by atoms with Gasteiger partial charge in [0.15, 0.2) is 0 Å². The smallest absolute Gasteiger partial charge is 0.0697 e. The highest BCUT2D eigenvalue weighted by Gasteiger charge is 2.43. The van der Waals surface area contributed by atoms with E-state index in [1.54, 1.807) is 0 Å². The van der Waals surface area contributed by atoms with Gasteiger partial charge >= 0.3 is 0 Å². The van der Waals surface area contributed by atoms with Crippen molar-refractivity contribution in [1.82, 2.24) is 5.32 Å². The molecule has 2 aliphatic carbocycles. The highest BCUT2D eigenvalue weighted by molar-refractivity contribution is 5.01. The summed E-state index contributed by atoms with van der Waals surface area (Å²) >= 11 is 0. The Balaban J connectivity index is 1.60. The van der Waals surface area contributed by atoms with Gasteiger partial charge in [-0.05, 0) is 44.9 Å². The van der Waals surface area contributed by atoms with Gasteiger partial charge in [-0.3, -0.25) is 0 Å². The van der Waals surface area contributed by atoms with Crippen molar-refractivity contribution < 1.29 is 9.84 Å². The lowest BCUT2D eigenvalue weighted by molar-refractivity contribution is -0.0910. The number of nitrogens with one attached hydrogen (secondary N) is 1. The van der Waals surface area contributed by atoms with E-state index in [-0.39, 0.29) is 11.1 Å². The standard InChI is InChI=1S/C14H25NO2/c16-11-13(5-3-6-13)15-12-4-9-17-14(10-12)7-1-2-8-14/h12,15-16H,1-11H2. The molecule has 17 heavy (non-hydrogen) atoms. The fraction of sp³-hybridized carbons (Fsp3) is 1.00. The van der Waals surface area contributed by atoms with E-state index >= 15 is 0 Å². The van der Waals surface area contributed by atoms with Crippen molar-refractivity contribution in [3.05, 3.63) is 0 Å². The first kappa shape index (κ1) is 11.9. The second kappa shape index (κ2) is 4.52. The normalized spacial score (nSPS) is 34.8. The van der Waals surface area contributed by atoms with E-state index in [1.165, 1.54) is 32.1 Å². The maximum atomic E-state index is 9.53. The average Bonchev–Trinajstić information content (AvgIpc) is 2.72. The molecule has 0 radical (unpaired) electrons. The predicted octanol–water partition coefficient (Wildman–Crippen LogP) is 1.98. The second-order valence-corrected chi connectivity index (χ2v) is 6.36. The molecule has 98 valence electrons. The lowest BCUT2D eigenvalue weighted by Gasteiger charge is -2.47. The number of hydrogen-bond donors (Lipinski definition) is 2. The van der Waals surface area contributed by atoms with E-state index in [2.05, 4.69) is 5.32 Å². The lowest BCUT2D eigenvalue weighted by atomic mass is 9.75. The molecule has 1 atom stereocenters. The first-order valence-electron chi connectivity index (χ1n) is 7.29. The van der Waals surface area contributed by atoms with Gasteiger partial charge < -0.3 is 15.2 Å². The topological polar surface area (TPSA) is 41.5 Å². The Morgan fingerprint density at radius 2 is 1.88 bits per heavy atom. The van der Waals surface area contributed by atoms with E-state index in [4.69, 9.17) is 4.74 Å². The molecule has 3 fully saturated rings. The van der Waals surface area contributed by atoms with E-state index in [1.807, 2.05) is 0 Å². The van der Waals surface area contributed by atoms with Gasteiger partial charge in [-0.1, -0.05) is 12.8 Å². The van der Waals surface area contributed by atoms with E-state index in [0.29, 0.717) is 12.6 Å². The fourth-order valence-electron chi connectivity index (χ4n) is 3.90. The molecule has 1 heterocycles. The summed E-state index contributed by atoms with van der Waals surface area (Å²) in [4.78, 5) is 0. The second-order valence-electron chi connectivity index (χ2n) is 6.36. The van der Waals surface area contributed by atoms with Crippen molar-refractivity contribution in [2.45, 2.75) is 75.0 Å². The fourth-order valence-corrected chi connectivity index (χ4v) is 3.90. The zero-order chi connectivity index (χ0) is 11.8. The molecule has 0 aromatic heterocycles. The van der Waals surface area contributed by atoms with Gasteiger partial charge in [-0.2, -0.15) is 0 Å². The number of hydrogen-bond acceptors (Lipinski definition) is 3. The molecule has 3 rings (SSSR count). The summed E-state index contributed by atoms with van der Waals surface area (Å²) in [5, 5.41) is 13.3. The van der Waals surface area contributed by atoms with Crippen LogP contribution in [0.1, 0.15) is 57.8 Å². The van der Waals surface area contributed by atoms with Crippen LogP contribution in [-0.4, -0.2) is 35.5 Å². The van der Waals surface area contributed by atoms with Gasteiger partial charge in [0.2, 0.25) is 0 Å². The molecule has 3 nitrogen and oxygen atoms in total. The van der Waals surface area contributed by atoms with Crippen LogP contribution in [-0.2, 0) is 4.74 Å². The van der Waals surface area contributed by atoms with Crippen molar-refractivity contribution in [1.29, 1.82) is 0 Å². The number of rotatable bonds is 3. The first-order chi connectivity index (χ1) is 8.26. The third-order valence-electron chi connectivity index (χ3n) is 5.13. The molecular formula is C14H25NO2. The Bertz CT molecular complexity index is 262. The molecule has 0 aromatic rings. The molecule has 0 amide bonds. The summed E-state index contributed by atoms with van der Waals surface area (Å²) < 4.78 is 6.05. The van der Waals surface area contributed by atoms with Crippen molar-refractivity contribution >= 4 is 0 Å². The minimum Gasteiger partial charge on any atom is -0.394 e. The minimum absolute atomic E-state index is 0.0573. The van der Waals surface area contributed by atoms with Crippen LogP contribution in [0.4, 0.5) is 0 Å². The van der Waals surface area contributed by atoms with Crippen LogP contribution in [0.2, 0.25) is 0 Å². The van der Waals surface area contributed by atoms with Gasteiger partial charge in [-0.25, -0.2) is 0 Å². The molecular weight excluding hydrogens is 214 g/mol. The number of ether oxygens (including phenoxy) is 1. The van der Waals surface area contributed by atoms with Crippen LogP contribution >= 0.6 is 0 Å². The Morgan fingerprint density at radius 3 is 2.47 bits per heavy atom. The quantitative estimate of drug-likeness (QED) is 0.791. The van der Waals surface area contributed by atoms with Crippen LogP contribution in [0.15, 0.2) is 0 Å². The zero-order valence-electron chi connectivity index (χ0n) is 10.7. The van der Waals surface area contributed by atoms with E-state index in [0.717, 1.165) is 32.3 Å². The minimum atomic E-state index is 0.0573. The van der Waals surface area contributed by atoms with Crippen molar-refractivity contribution in [2.75, 3.05) is 13.2 Å². The van der Waals surface area contributed by atoms with Gasteiger partial charge in [0, 0.05) is 18.2 Å². The Kier molecular flexibility index (Phi) is 3.18. The summed E-state index contributed by atoms with van der Waals surface area (Å²) in [7, 11) is 0. The number of aliphatic hydroxyl groups excluding tert-OH is 1. The molecule has 0 aromatic carbocycles. The summed E-state index contributed by atoms with van der Waals surface area (Å²) in [5.74, 6) is 0. The first-order valence-corrected chi connectivity index (χ1v) is 7.29. The van der Waals surface area contributed by atoms with E-state index < -0.39 is 0 Å². The molecule has 2 saturated carbocycles. The maximum Gasteiger partial charge on any atom is 0.0697 e. The lowest BCUT2D eigenvalue weighted by Crippen LogP contribution is -2.60. The Labute approximate surface area is 104 Å². The predicted molar refractivity (Wildman–Crippen MR) is 67.0 cm³/mol. The van der Waals surface area contributed by atoms with E-state index in [9.17, 15) is 5.11 Å². The molecule has 1 aliphatic heterocycles. The maximum absolute atomic E-state index is 9.53. The van der Waals surface area contributed by atoms with Crippen LogP contribution < -0.4 is 5.32 Å². The Morgan fingerprint density at radius 1 is 1.12 bits per heavy atom. The highest BCUT2D eigenvalue weighted by atomic mass is 16.5. The molecule has 1 unspecified atom stereocenters. The summed E-state index contributed by atoms with van der Waals surface area (Å²) in [6.07, 6.45) is 11.0. The van der Waals surface area contributed by atoms with Gasteiger partial charge in [0.05, 0.1) is 12.2 Å². The molecule has 3 aliphatic rings. The van der Waals surface area contributed by atoms with Crippen LogP contribution in [0.3, 0.4) is 0 Å². The SMILES string of the molecule is OCC1(NC2CCOC3(CCCC3)C2)CCC1. The van der Waals surface area contributed by atoms with Crippen molar-refractivity contribution in [3.8, 4) is 0 Å². The largest absolute Gasteiger partial charge is 0.394 e. The Hall–Kier alpha value is -0.120. The van der Waals surface area contributed by atoms with Gasteiger partial charge in [0.1, 0.15) is 0 Å². The molecule has 3 heteroatoms. The third kappa shape index (κ3) is 2.25. The van der Waals surface area contributed by atoms with Crippen LogP contribution in [0.25, 0.3) is 0 Å².